The summed E-state index contributed by atoms with van der Waals surface area (Å²) < 4.78 is 23.5. The summed E-state index contributed by atoms with van der Waals surface area (Å²) in [5.74, 6) is 0. The van der Waals surface area contributed by atoms with E-state index in [0.29, 0.717) is 0 Å². The number of benzene rings is 22. The number of fused-ring (bicyclic) bond motifs is 22. The molecule has 136 heavy (non-hydrogen) atoms. The fourth-order valence-corrected chi connectivity index (χ4v) is 24.0. The molecule has 0 fully saturated rings. The SMILES string of the molecule is c1cc(-c2cccc3oc4c5ccccc5ccc4c23)cc(N(c2ccc(-c3cccc(-n4c5ccccc5c5cc(-c6cc(-c7ccc(N(c8ccc(-c9cccc(-n%10c%11ccccc%11c%11ccccc%11%10)c9)cc8)c8cccc(-c9cccc%10oc%11c%12ccccc%12ccc%11c9%10)c8)cc7)c7sc8ccccc8c7c6)ccc54)c3)cc2)c2ccc(-c3ccc4sc5ccccc5c4c3)cc2)c1. The van der Waals surface area contributed by atoms with Gasteiger partial charge in [0.15, 0.2) is 0 Å². The van der Waals surface area contributed by atoms with E-state index in [0.717, 1.165) is 183 Å². The molecule has 22 aromatic carbocycles. The van der Waals surface area contributed by atoms with Crippen molar-refractivity contribution in [1.29, 1.82) is 0 Å². The van der Waals surface area contributed by atoms with Crippen LogP contribution >= 0.6 is 22.7 Å². The fourth-order valence-electron chi connectivity index (χ4n) is 21.7. The summed E-state index contributed by atoms with van der Waals surface area (Å²) >= 11 is 3.72. The minimum absolute atomic E-state index is 0.866. The lowest BCUT2D eigenvalue weighted by Crippen LogP contribution is -2.10. The summed E-state index contributed by atoms with van der Waals surface area (Å²) in [4.78, 5) is 4.81. The minimum Gasteiger partial charge on any atom is -0.455 e. The highest BCUT2D eigenvalue weighted by atomic mass is 32.1. The van der Waals surface area contributed by atoms with E-state index >= 15 is 0 Å². The molecule has 634 valence electrons. The van der Waals surface area contributed by atoms with E-state index in [1.165, 1.54) is 89.6 Å². The van der Waals surface area contributed by atoms with Crippen molar-refractivity contribution in [2.24, 2.45) is 0 Å². The van der Waals surface area contributed by atoms with E-state index < -0.39 is 0 Å². The van der Waals surface area contributed by atoms with Gasteiger partial charge in [-0.2, -0.15) is 0 Å². The zero-order valence-corrected chi connectivity index (χ0v) is 75.1. The Hall–Kier alpha value is -17.4. The van der Waals surface area contributed by atoms with Gasteiger partial charge in [0.25, 0.3) is 0 Å². The lowest BCUT2D eigenvalue weighted by molar-refractivity contribution is 0.672. The van der Waals surface area contributed by atoms with Gasteiger partial charge in [-0.25, -0.2) is 0 Å². The summed E-state index contributed by atoms with van der Waals surface area (Å²) in [7, 11) is 0. The molecule has 6 aromatic heterocycles. The third-order valence-electron chi connectivity index (χ3n) is 28.1. The Labute approximate surface area is 790 Å². The van der Waals surface area contributed by atoms with Crippen LogP contribution in [0.25, 0.3) is 239 Å². The van der Waals surface area contributed by atoms with Gasteiger partial charge in [0.05, 0.1) is 22.1 Å². The van der Waals surface area contributed by atoms with Crippen LogP contribution in [0.2, 0.25) is 0 Å². The number of aromatic nitrogens is 2. The van der Waals surface area contributed by atoms with Crippen LogP contribution in [0.5, 0.6) is 0 Å². The van der Waals surface area contributed by atoms with Crippen LogP contribution in [0, 0.1) is 0 Å². The van der Waals surface area contributed by atoms with Gasteiger partial charge in [0.2, 0.25) is 0 Å². The van der Waals surface area contributed by atoms with Crippen molar-refractivity contribution in [3.63, 3.8) is 0 Å². The number of anilines is 6. The second-order valence-electron chi connectivity index (χ2n) is 35.7. The van der Waals surface area contributed by atoms with Gasteiger partial charge >= 0.3 is 0 Å². The van der Waals surface area contributed by atoms with E-state index in [1.807, 2.05) is 22.7 Å². The highest BCUT2D eigenvalue weighted by Gasteiger charge is 2.26. The van der Waals surface area contributed by atoms with Gasteiger partial charge in [-0.3, -0.25) is 0 Å². The number of hydrogen-bond donors (Lipinski definition) is 0. The first-order chi connectivity index (χ1) is 67.4. The largest absolute Gasteiger partial charge is 0.455 e. The Kier molecular flexibility index (Phi) is 17.7. The predicted molar refractivity (Wildman–Crippen MR) is 578 cm³/mol. The average Bonchev–Trinajstić information content (AvgIpc) is 1.58. The fraction of sp³-hybridized carbons (Fsp3) is 0. The van der Waals surface area contributed by atoms with Crippen molar-refractivity contribution in [2.75, 3.05) is 9.80 Å². The molecule has 0 radical (unpaired) electrons. The van der Waals surface area contributed by atoms with E-state index in [1.54, 1.807) is 0 Å². The molecule has 28 aromatic rings. The number of nitrogens with zero attached hydrogens (tertiary/aromatic N) is 4. The van der Waals surface area contributed by atoms with Crippen molar-refractivity contribution < 1.29 is 8.83 Å². The number of para-hydroxylation sites is 3. The lowest BCUT2D eigenvalue weighted by Gasteiger charge is -2.26. The molecule has 0 aliphatic carbocycles. The molecule has 0 saturated heterocycles. The van der Waals surface area contributed by atoms with Crippen molar-refractivity contribution in [1.82, 2.24) is 9.13 Å². The number of hydrogen-bond acceptors (Lipinski definition) is 6. The average molecular weight is 1770 g/mol. The smallest absolute Gasteiger partial charge is 0.143 e. The van der Waals surface area contributed by atoms with Gasteiger partial charge in [-0.15, -0.1) is 22.7 Å². The highest BCUT2D eigenvalue weighted by molar-refractivity contribution is 7.26. The van der Waals surface area contributed by atoms with Crippen molar-refractivity contribution in [2.45, 2.75) is 0 Å². The van der Waals surface area contributed by atoms with Crippen molar-refractivity contribution in [3.8, 4) is 89.3 Å². The van der Waals surface area contributed by atoms with E-state index in [4.69, 9.17) is 8.83 Å². The predicted octanol–water partition coefficient (Wildman–Crippen LogP) is 37.3. The Morgan fingerprint density at radius 3 is 1.07 bits per heavy atom. The molecule has 0 unspecified atom stereocenters. The molecule has 0 aliphatic heterocycles. The third-order valence-corrected chi connectivity index (χ3v) is 30.4. The lowest BCUT2D eigenvalue weighted by atomic mass is 9.95. The van der Waals surface area contributed by atoms with Gasteiger partial charge in [0, 0.05) is 145 Å². The maximum atomic E-state index is 6.79. The summed E-state index contributed by atoms with van der Waals surface area (Å²) in [6.07, 6.45) is 0. The van der Waals surface area contributed by atoms with Crippen LogP contribution in [-0.2, 0) is 0 Å². The first-order valence-electron chi connectivity index (χ1n) is 46.4. The second-order valence-corrected chi connectivity index (χ2v) is 37.8. The van der Waals surface area contributed by atoms with E-state index in [9.17, 15) is 0 Å². The molecule has 0 amide bonds. The van der Waals surface area contributed by atoms with E-state index in [-0.39, 0.29) is 0 Å². The standard InChI is InChI=1S/C128H78N4O2S2/c1-3-31-102-82(21-1)55-67-109-124-100(38-19-43-119(124)133-126(102)109)89-25-17-27-96(73-89)129(94-63-51-81(52-64-94)87-58-70-123-113(76-87)107-36-8-13-45-121(107)135-123)92-59-47-80(48-60-92)86-24-16-30-99(72-86)132-117-42-12-7-35-106(117)112-75-88(57-69-118(112)132)91-77-111(128-114(78-91)108-37-9-14-46-122(108)136-128)84-53-65-95(66-54-84)130(97-28-18-26-90(74-97)101-39-20-44-120-125(101)110-68-56-83-22-2-4-32-103(83)127(110)134-120)93-61-49-79(50-62-93)85-23-15-29-98(71-85)131-115-40-10-5-33-104(115)105-34-6-11-41-116(105)131/h1-78H. The van der Waals surface area contributed by atoms with Crippen LogP contribution < -0.4 is 9.80 Å². The minimum atomic E-state index is 0.866. The second kappa shape index (κ2) is 31.1. The molecule has 28 rings (SSSR count). The Morgan fingerprint density at radius 2 is 0.551 bits per heavy atom. The molecule has 0 atom stereocenters. The summed E-state index contributed by atoms with van der Waals surface area (Å²) in [5.41, 5.74) is 32.6. The first kappa shape index (κ1) is 77.4. The molecule has 8 heteroatoms. The number of thiophene rings is 2. The molecule has 0 bridgehead atoms. The zero-order chi connectivity index (χ0) is 89.2. The topological polar surface area (TPSA) is 42.6 Å². The van der Waals surface area contributed by atoms with Crippen LogP contribution in [0.4, 0.5) is 34.1 Å². The molecule has 0 N–H and O–H groups in total. The maximum absolute atomic E-state index is 6.79. The molecule has 0 spiro atoms. The Morgan fingerprint density at radius 1 is 0.184 bits per heavy atom. The van der Waals surface area contributed by atoms with Crippen molar-refractivity contribution >= 4 is 206 Å². The monoisotopic (exact) mass is 1770 g/mol. The summed E-state index contributed by atoms with van der Waals surface area (Å²) in [5, 5.41) is 18.9. The van der Waals surface area contributed by atoms with Crippen LogP contribution in [0.15, 0.2) is 482 Å². The normalized spacial score (nSPS) is 12.0. The van der Waals surface area contributed by atoms with Gasteiger partial charge in [-0.1, -0.05) is 285 Å². The van der Waals surface area contributed by atoms with Crippen LogP contribution in [-0.4, -0.2) is 9.13 Å². The molecule has 6 nitrogen and oxygen atoms in total. The molecule has 6 heterocycles. The number of furan rings is 2. The quantitative estimate of drug-likeness (QED) is 0.103. The maximum Gasteiger partial charge on any atom is 0.143 e. The van der Waals surface area contributed by atoms with Crippen LogP contribution in [0.1, 0.15) is 0 Å². The van der Waals surface area contributed by atoms with Gasteiger partial charge in [-0.05, 0) is 271 Å². The van der Waals surface area contributed by atoms with Crippen LogP contribution in [0.3, 0.4) is 0 Å². The zero-order valence-electron chi connectivity index (χ0n) is 73.5. The molecular weight excluding hydrogens is 1690 g/mol. The molecular formula is C128H78N4O2S2. The third kappa shape index (κ3) is 12.6. The number of rotatable bonds is 15. The first-order valence-corrected chi connectivity index (χ1v) is 48.0. The highest BCUT2D eigenvalue weighted by Crippen LogP contribution is 2.51. The Bertz CT molecular complexity index is 9720. The van der Waals surface area contributed by atoms with Gasteiger partial charge < -0.3 is 27.8 Å². The summed E-state index contributed by atoms with van der Waals surface area (Å²) in [6.45, 7) is 0. The molecule has 0 saturated carbocycles. The Balaban J connectivity index is 0.524. The van der Waals surface area contributed by atoms with Gasteiger partial charge in [0.1, 0.15) is 22.3 Å². The summed E-state index contributed by atoms with van der Waals surface area (Å²) in [6, 6.07) is 174. The molecule has 0 aliphatic rings. The van der Waals surface area contributed by atoms with Crippen molar-refractivity contribution in [3.05, 3.63) is 473 Å². The van der Waals surface area contributed by atoms with E-state index in [2.05, 4.69) is 492 Å².